The molecular formula is C20H27N7O. The predicted molar refractivity (Wildman–Crippen MR) is 108 cm³/mol. The molecule has 4 heterocycles. The number of hydrogen-bond donors (Lipinski definition) is 0. The number of aryl methyl sites for hydroxylation is 1. The van der Waals surface area contributed by atoms with E-state index in [2.05, 4.69) is 41.8 Å². The van der Waals surface area contributed by atoms with Crippen molar-refractivity contribution in [1.82, 2.24) is 19.9 Å². The molecule has 0 bridgehead atoms. The molecule has 3 fully saturated rings. The van der Waals surface area contributed by atoms with Crippen LogP contribution in [0.4, 0.5) is 17.5 Å². The molecule has 8 nitrogen and oxygen atoms in total. The first-order valence-corrected chi connectivity index (χ1v) is 10.3. The highest BCUT2D eigenvalue weighted by atomic mass is 16.5. The molecule has 0 unspecified atom stereocenters. The van der Waals surface area contributed by atoms with Crippen LogP contribution in [-0.2, 0) is 4.74 Å². The summed E-state index contributed by atoms with van der Waals surface area (Å²) < 4.78 is 5.45. The second-order valence-corrected chi connectivity index (χ2v) is 7.78. The van der Waals surface area contributed by atoms with Crippen LogP contribution in [0.25, 0.3) is 0 Å². The quantitative estimate of drug-likeness (QED) is 0.791. The number of piperazine rings is 1. The fraction of sp³-hybridized carbons (Fsp3) is 0.600. The summed E-state index contributed by atoms with van der Waals surface area (Å²) in [5.41, 5.74) is 1.22. The van der Waals surface area contributed by atoms with E-state index in [1.807, 2.05) is 6.92 Å². The predicted octanol–water partition coefficient (Wildman–Crippen LogP) is 1.62. The fourth-order valence-corrected chi connectivity index (χ4v) is 3.96. The third kappa shape index (κ3) is 3.73. The summed E-state index contributed by atoms with van der Waals surface area (Å²) in [6, 6.07) is 4.31. The molecule has 2 aromatic rings. The van der Waals surface area contributed by atoms with Gasteiger partial charge in [0.2, 0.25) is 0 Å². The second-order valence-electron chi connectivity index (χ2n) is 7.78. The van der Waals surface area contributed by atoms with Crippen LogP contribution in [0, 0.1) is 6.92 Å². The Balaban J connectivity index is 1.26. The van der Waals surface area contributed by atoms with Gasteiger partial charge in [0.25, 0.3) is 0 Å². The summed E-state index contributed by atoms with van der Waals surface area (Å²) >= 11 is 0. The Morgan fingerprint density at radius 3 is 2.04 bits per heavy atom. The minimum Gasteiger partial charge on any atom is -0.378 e. The Hall–Kier alpha value is -2.48. The van der Waals surface area contributed by atoms with E-state index < -0.39 is 0 Å². The first-order valence-electron chi connectivity index (χ1n) is 10.3. The lowest BCUT2D eigenvalue weighted by atomic mass is 10.2. The molecule has 8 heteroatoms. The van der Waals surface area contributed by atoms with Crippen molar-refractivity contribution in [2.75, 3.05) is 67.2 Å². The van der Waals surface area contributed by atoms with Crippen molar-refractivity contribution in [2.24, 2.45) is 0 Å². The molecule has 0 N–H and O–H groups in total. The van der Waals surface area contributed by atoms with Gasteiger partial charge < -0.3 is 19.4 Å². The van der Waals surface area contributed by atoms with Crippen molar-refractivity contribution >= 4 is 17.5 Å². The maximum absolute atomic E-state index is 5.45. The van der Waals surface area contributed by atoms with E-state index in [-0.39, 0.29) is 0 Å². The molecule has 2 aromatic heterocycles. The summed E-state index contributed by atoms with van der Waals surface area (Å²) in [6.07, 6.45) is 4.22. The van der Waals surface area contributed by atoms with Crippen LogP contribution < -0.4 is 14.7 Å². The van der Waals surface area contributed by atoms with Gasteiger partial charge in [-0.3, -0.25) is 0 Å². The van der Waals surface area contributed by atoms with Crippen molar-refractivity contribution in [3.05, 3.63) is 30.0 Å². The Morgan fingerprint density at radius 1 is 0.786 bits per heavy atom. The van der Waals surface area contributed by atoms with Gasteiger partial charge in [-0.05, 0) is 19.8 Å². The lowest BCUT2D eigenvalue weighted by molar-refractivity contribution is 0.122. The summed E-state index contributed by atoms with van der Waals surface area (Å²) in [7, 11) is 0. The summed E-state index contributed by atoms with van der Waals surface area (Å²) in [4.78, 5) is 25.3. The monoisotopic (exact) mass is 381 g/mol. The zero-order valence-corrected chi connectivity index (χ0v) is 16.4. The average molecular weight is 381 g/mol. The number of aromatic nitrogens is 4. The largest absolute Gasteiger partial charge is 0.378 e. The van der Waals surface area contributed by atoms with Crippen molar-refractivity contribution in [1.29, 1.82) is 0 Å². The van der Waals surface area contributed by atoms with Gasteiger partial charge in [0.05, 0.1) is 13.2 Å². The maximum Gasteiger partial charge on any atom is 0.134 e. The highest BCUT2D eigenvalue weighted by Gasteiger charge is 2.27. The smallest absolute Gasteiger partial charge is 0.134 e. The number of rotatable bonds is 4. The zero-order chi connectivity index (χ0) is 18.9. The Labute approximate surface area is 165 Å². The molecular weight excluding hydrogens is 354 g/mol. The molecule has 0 atom stereocenters. The molecule has 5 rings (SSSR count). The van der Waals surface area contributed by atoms with Gasteiger partial charge in [-0.25, -0.2) is 19.9 Å². The Kier molecular flexibility index (Phi) is 4.72. The van der Waals surface area contributed by atoms with Gasteiger partial charge in [0, 0.05) is 63.0 Å². The summed E-state index contributed by atoms with van der Waals surface area (Å²) in [6.45, 7) is 9.05. The molecule has 2 aliphatic heterocycles. The van der Waals surface area contributed by atoms with Gasteiger partial charge in [0.1, 0.15) is 29.6 Å². The second kappa shape index (κ2) is 7.50. The van der Waals surface area contributed by atoms with Crippen LogP contribution in [0.15, 0.2) is 18.5 Å². The average Bonchev–Trinajstić information content (AvgIpc) is 3.60. The van der Waals surface area contributed by atoms with Crippen LogP contribution in [0.2, 0.25) is 0 Å². The number of anilines is 3. The van der Waals surface area contributed by atoms with E-state index in [1.165, 1.54) is 18.5 Å². The van der Waals surface area contributed by atoms with Crippen LogP contribution in [0.3, 0.4) is 0 Å². The van der Waals surface area contributed by atoms with Gasteiger partial charge in [0.15, 0.2) is 0 Å². The van der Waals surface area contributed by atoms with Crippen molar-refractivity contribution < 1.29 is 4.74 Å². The van der Waals surface area contributed by atoms with E-state index in [0.29, 0.717) is 5.92 Å². The van der Waals surface area contributed by atoms with E-state index in [1.54, 1.807) is 6.33 Å². The molecule has 28 heavy (non-hydrogen) atoms. The van der Waals surface area contributed by atoms with Gasteiger partial charge >= 0.3 is 0 Å². The highest BCUT2D eigenvalue weighted by Crippen LogP contribution is 2.39. The molecule has 1 aliphatic carbocycles. The highest BCUT2D eigenvalue weighted by molar-refractivity contribution is 5.52. The van der Waals surface area contributed by atoms with E-state index in [0.717, 1.165) is 75.8 Å². The van der Waals surface area contributed by atoms with Crippen LogP contribution in [0.1, 0.15) is 30.3 Å². The standard InChI is InChI=1S/C20H27N7O/c1-15-23-17(16-2-3-16)12-20(24-15)26-6-4-25(5-7-26)18-13-19(22-14-21-18)27-8-10-28-11-9-27/h12-14,16H,2-11H2,1H3. The number of nitrogens with zero attached hydrogens (tertiary/aromatic N) is 7. The molecule has 0 amide bonds. The van der Waals surface area contributed by atoms with Crippen molar-refractivity contribution in [2.45, 2.75) is 25.7 Å². The Bertz CT molecular complexity index is 827. The third-order valence-corrected chi connectivity index (χ3v) is 5.74. The number of morpholine rings is 1. The molecule has 148 valence electrons. The Morgan fingerprint density at radius 2 is 1.39 bits per heavy atom. The molecule has 3 aliphatic rings. The summed E-state index contributed by atoms with van der Waals surface area (Å²) in [5, 5.41) is 0. The minimum absolute atomic E-state index is 0.654. The fourth-order valence-electron chi connectivity index (χ4n) is 3.96. The van der Waals surface area contributed by atoms with E-state index in [9.17, 15) is 0 Å². The SMILES string of the molecule is Cc1nc(C2CC2)cc(N2CCN(c3cc(N4CCOCC4)ncn3)CC2)n1. The van der Waals surface area contributed by atoms with Gasteiger partial charge in [-0.15, -0.1) is 0 Å². The van der Waals surface area contributed by atoms with E-state index in [4.69, 9.17) is 9.72 Å². The lowest BCUT2D eigenvalue weighted by Crippen LogP contribution is -2.47. The molecule has 0 spiro atoms. The number of ether oxygens (including phenoxy) is 1. The topological polar surface area (TPSA) is 70.5 Å². The zero-order valence-electron chi connectivity index (χ0n) is 16.4. The first kappa shape index (κ1) is 17.6. The molecule has 0 radical (unpaired) electrons. The van der Waals surface area contributed by atoms with Crippen molar-refractivity contribution in [3.8, 4) is 0 Å². The van der Waals surface area contributed by atoms with E-state index >= 15 is 0 Å². The van der Waals surface area contributed by atoms with Crippen molar-refractivity contribution in [3.63, 3.8) is 0 Å². The normalized spacial score (nSPS) is 20.5. The van der Waals surface area contributed by atoms with Crippen LogP contribution in [-0.4, -0.2) is 72.4 Å². The minimum atomic E-state index is 0.654. The van der Waals surface area contributed by atoms with Gasteiger partial charge in [-0.1, -0.05) is 0 Å². The van der Waals surface area contributed by atoms with Crippen LogP contribution >= 0.6 is 0 Å². The lowest BCUT2D eigenvalue weighted by Gasteiger charge is -2.36. The molecule has 0 aromatic carbocycles. The molecule has 2 saturated heterocycles. The molecule has 1 saturated carbocycles. The number of hydrogen-bond acceptors (Lipinski definition) is 8. The first-order chi connectivity index (χ1) is 13.8. The van der Waals surface area contributed by atoms with Crippen LogP contribution in [0.5, 0.6) is 0 Å². The third-order valence-electron chi connectivity index (χ3n) is 5.74. The maximum atomic E-state index is 5.45. The van der Waals surface area contributed by atoms with Gasteiger partial charge in [-0.2, -0.15) is 0 Å². The summed E-state index contributed by atoms with van der Waals surface area (Å²) in [5.74, 6) is 4.62.